The van der Waals surface area contributed by atoms with Crippen LogP contribution in [0.3, 0.4) is 0 Å². The minimum Gasteiger partial charge on any atom is -0.369 e. The van der Waals surface area contributed by atoms with Gasteiger partial charge >= 0.3 is 0 Å². The lowest BCUT2D eigenvalue weighted by Crippen LogP contribution is -2.29. The number of pyridine rings is 1. The molecule has 8 heteroatoms. The fraction of sp³-hybridized carbons (Fsp3) is 0.500. The van der Waals surface area contributed by atoms with Gasteiger partial charge in [0.25, 0.3) is 11.5 Å². The average Bonchev–Trinajstić information content (AvgIpc) is 3.04. The first-order valence-corrected chi connectivity index (χ1v) is 12.7. The molecule has 0 unspecified atom stereocenters. The molecular formula is C24H32N4O2S2. The number of aryl methyl sites for hydroxylation is 1. The van der Waals surface area contributed by atoms with Crippen LogP contribution in [0, 0.1) is 6.92 Å². The van der Waals surface area contributed by atoms with Gasteiger partial charge in [-0.2, -0.15) is 0 Å². The third-order valence-electron chi connectivity index (χ3n) is 5.46. The van der Waals surface area contributed by atoms with E-state index in [1.54, 1.807) is 21.6 Å². The maximum atomic E-state index is 13.4. The summed E-state index contributed by atoms with van der Waals surface area (Å²) in [5, 5.41) is 3.32. The highest BCUT2D eigenvalue weighted by Crippen LogP contribution is 2.33. The van der Waals surface area contributed by atoms with Crippen molar-refractivity contribution in [3.63, 3.8) is 0 Å². The van der Waals surface area contributed by atoms with Crippen molar-refractivity contribution < 1.29 is 4.79 Å². The first-order valence-electron chi connectivity index (χ1n) is 11.5. The molecular weight excluding hydrogens is 440 g/mol. The highest BCUT2D eigenvalue weighted by molar-refractivity contribution is 8.26. The van der Waals surface area contributed by atoms with Crippen LogP contribution in [0.5, 0.6) is 0 Å². The molecule has 0 radical (unpaired) electrons. The van der Waals surface area contributed by atoms with Crippen LogP contribution in [0.1, 0.15) is 69.9 Å². The lowest BCUT2D eigenvalue weighted by Gasteiger charge is -2.14. The van der Waals surface area contributed by atoms with Crippen molar-refractivity contribution >= 4 is 51.7 Å². The molecule has 2 aromatic rings. The summed E-state index contributed by atoms with van der Waals surface area (Å²) in [4.78, 5) is 33.2. The molecule has 0 saturated carbocycles. The number of nitrogens with one attached hydrogen (secondary N) is 1. The molecule has 1 saturated heterocycles. The fourth-order valence-electron chi connectivity index (χ4n) is 3.63. The summed E-state index contributed by atoms with van der Waals surface area (Å²) in [5.74, 6) is 0.394. The predicted octanol–water partition coefficient (Wildman–Crippen LogP) is 5.39. The van der Waals surface area contributed by atoms with Crippen molar-refractivity contribution in [1.29, 1.82) is 0 Å². The van der Waals surface area contributed by atoms with Crippen LogP contribution >= 0.6 is 24.0 Å². The van der Waals surface area contributed by atoms with Crippen LogP contribution < -0.4 is 10.9 Å². The van der Waals surface area contributed by atoms with Gasteiger partial charge in [0.05, 0.1) is 10.5 Å². The fourth-order valence-corrected chi connectivity index (χ4v) is 4.92. The summed E-state index contributed by atoms with van der Waals surface area (Å²) in [6.07, 6.45) is 10.9. The van der Waals surface area contributed by atoms with E-state index in [-0.39, 0.29) is 11.5 Å². The zero-order valence-electron chi connectivity index (χ0n) is 19.1. The molecule has 1 fully saturated rings. The van der Waals surface area contributed by atoms with Gasteiger partial charge in [-0.3, -0.25) is 18.9 Å². The van der Waals surface area contributed by atoms with E-state index >= 15 is 0 Å². The summed E-state index contributed by atoms with van der Waals surface area (Å²) in [6.45, 7) is 7.60. The number of aromatic nitrogens is 2. The lowest BCUT2D eigenvalue weighted by molar-refractivity contribution is -0.122. The number of thiocarbonyl (C=S) groups is 1. The van der Waals surface area contributed by atoms with Gasteiger partial charge in [0.2, 0.25) is 0 Å². The number of fused-ring (bicyclic) bond motifs is 1. The number of unbranched alkanes of at least 4 members (excludes halogenated alkanes) is 5. The number of thioether (sulfide) groups is 1. The minimum absolute atomic E-state index is 0.123. The third kappa shape index (κ3) is 5.78. The molecule has 1 aliphatic rings. The largest absolute Gasteiger partial charge is 0.369 e. The standard InChI is InChI=1S/C24H32N4O2S2/c1-4-6-8-10-14-27-23(30)19(32-24(27)31)15-18-21(25-13-9-7-5-2)26-20-12-11-17(3)16-28(20)22(18)29/h11-12,15-16,25H,4-10,13-14H2,1-3H3/b19-15+. The molecule has 0 atom stereocenters. The zero-order valence-corrected chi connectivity index (χ0v) is 20.8. The number of amides is 1. The van der Waals surface area contributed by atoms with Crippen molar-refractivity contribution in [3.8, 4) is 0 Å². The highest BCUT2D eigenvalue weighted by atomic mass is 32.2. The van der Waals surface area contributed by atoms with Crippen LogP contribution in [0.2, 0.25) is 0 Å². The van der Waals surface area contributed by atoms with E-state index in [4.69, 9.17) is 17.2 Å². The van der Waals surface area contributed by atoms with Gasteiger partial charge in [-0.25, -0.2) is 4.98 Å². The Morgan fingerprint density at radius 2 is 1.84 bits per heavy atom. The van der Waals surface area contributed by atoms with Gasteiger partial charge in [0.15, 0.2) is 0 Å². The van der Waals surface area contributed by atoms with E-state index in [2.05, 4.69) is 19.2 Å². The molecule has 32 heavy (non-hydrogen) atoms. The Kier molecular flexibility index (Phi) is 8.87. The Morgan fingerprint density at radius 1 is 1.09 bits per heavy atom. The maximum absolute atomic E-state index is 13.4. The quantitative estimate of drug-likeness (QED) is 0.269. The lowest BCUT2D eigenvalue weighted by atomic mass is 10.2. The number of hydrogen-bond acceptors (Lipinski definition) is 6. The normalized spacial score (nSPS) is 15.3. The second-order valence-corrected chi connectivity index (χ2v) is 9.82. The number of rotatable bonds is 11. The summed E-state index contributed by atoms with van der Waals surface area (Å²) in [7, 11) is 0. The van der Waals surface area contributed by atoms with Crippen molar-refractivity contribution in [1.82, 2.24) is 14.3 Å². The SMILES string of the molecule is CCCCCCN1C(=O)/C(=C\c2c(NCCCCC)nc3ccc(C)cn3c2=O)SC1=S. The van der Waals surface area contributed by atoms with E-state index in [1.807, 2.05) is 19.1 Å². The highest BCUT2D eigenvalue weighted by Gasteiger charge is 2.32. The van der Waals surface area contributed by atoms with Crippen LogP contribution in [0.25, 0.3) is 11.7 Å². The first-order chi connectivity index (χ1) is 15.5. The molecule has 0 bridgehead atoms. The molecule has 3 heterocycles. The third-order valence-corrected chi connectivity index (χ3v) is 6.84. The Bertz CT molecular complexity index is 1080. The van der Waals surface area contributed by atoms with Gasteiger partial charge in [0, 0.05) is 19.3 Å². The monoisotopic (exact) mass is 472 g/mol. The smallest absolute Gasteiger partial charge is 0.267 e. The molecule has 3 rings (SSSR count). The number of carbonyl (C=O) groups is 1. The van der Waals surface area contributed by atoms with Crippen molar-refractivity contribution in [2.45, 2.75) is 65.7 Å². The average molecular weight is 473 g/mol. The van der Waals surface area contributed by atoms with E-state index in [0.29, 0.717) is 32.8 Å². The molecule has 172 valence electrons. The van der Waals surface area contributed by atoms with Gasteiger partial charge in [-0.05, 0) is 37.5 Å². The van der Waals surface area contributed by atoms with Crippen LogP contribution in [0.15, 0.2) is 28.0 Å². The molecule has 0 spiro atoms. The summed E-state index contributed by atoms with van der Waals surface area (Å²) in [6, 6.07) is 3.78. The van der Waals surface area contributed by atoms with Crippen LogP contribution in [-0.4, -0.2) is 37.6 Å². The number of anilines is 1. The van der Waals surface area contributed by atoms with Crippen molar-refractivity contribution in [3.05, 3.63) is 44.7 Å². The van der Waals surface area contributed by atoms with Gasteiger partial charge in [-0.1, -0.05) is 76.0 Å². The van der Waals surface area contributed by atoms with Crippen molar-refractivity contribution in [2.24, 2.45) is 0 Å². The summed E-state index contributed by atoms with van der Waals surface area (Å²) in [5.41, 5.74) is 1.76. The summed E-state index contributed by atoms with van der Waals surface area (Å²) >= 11 is 6.72. The topological polar surface area (TPSA) is 66.7 Å². The minimum atomic E-state index is -0.190. The number of hydrogen-bond donors (Lipinski definition) is 1. The van der Waals surface area contributed by atoms with E-state index in [1.165, 1.54) is 11.8 Å². The summed E-state index contributed by atoms with van der Waals surface area (Å²) < 4.78 is 2.10. The van der Waals surface area contributed by atoms with Crippen LogP contribution in [-0.2, 0) is 4.79 Å². The van der Waals surface area contributed by atoms with Gasteiger partial charge < -0.3 is 5.32 Å². The number of carbonyl (C=O) groups excluding carboxylic acids is 1. The molecule has 0 aromatic carbocycles. The molecule has 1 amide bonds. The Morgan fingerprint density at radius 3 is 2.59 bits per heavy atom. The zero-order chi connectivity index (χ0) is 23.1. The molecule has 6 nitrogen and oxygen atoms in total. The molecule has 2 aromatic heterocycles. The second kappa shape index (κ2) is 11.6. The van der Waals surface area contributed by atoms with Gasteiger partial charge in [0.1, 0.15) is 15.8 Å². The molecule has 1 aliphatic heterocycles. The molecule has 0 aliphatic carbocycles. The first kappa shape index (κ1) is 24.5. The van der Waals surface area contributed by atoms with E-state index in [0.717, 1.165) is 57.1 Å². The van der Waals surface area contributed by atoms with Gasteiger partial charge in [-0.15, -0.1) is 0 Å². The Hall–Kier alpha value is -2.19. The maximum Gasteiger partial charge on any atom is 0.267 e. The van der Waals surface area contributed by atoms with Crippen LogP contribution in [0.4, 0.5) is 5.82 Å². The van der Waals surface area contributed by atoms with E-state index < -0.39 is 0 Å². The second-order valence-electron chi connectivity index (χ2n) is 8.14. The number of nitrogens with zero attached hydrogens (tertiary/aromatic N) is 3. The predicted molar refractivity (Wildman–Crippen MR) is 138 cm³/mol. The molecule has 1 N–H and O–H groups in total. The van der Waals surface area contributed by atoms with Crippen molar-refractivity contribution in [2.75, 3.05) is 18.4 Å². The van der Waals surface area contributed by atoms with E-state index in [9.17, 15) is 9.59 Å². The Balaban J connectivity index is 1.94. The Labute approximate surface area is 199 Å².